The van der Waals surface area contributed by atoms with E-state index < -0.39 is 0 Å². The number of fused-ring (bicyclic) bond motifs is 8. The molecule has 10 rings (SSSR count). The zero-order valence-electron chi connectivity index (χ0n) is 25.8. The molecule has 0 N–H and O–H groups in total. The topological polar surface area (TPSA) is 30.7 Å². The van der Waals surface area contributed by atoms with E-state index in [1.165, 1.54) is 47.5 Å². The SMILES string of the molecule is c1ccc(-c2cccc(-c3nc(-c4ccc5c(c4)c4ccccc4n5-c4ccccc4)c4ccc5c6ccccc6sc5c4n3)c2)cc1. The molecule has 7 aromatic carbocycles. The summed E-state index contributed by atoms with van der Waals surface area (Å²) in [5, 5.41) is 5.98. The van der Waals surface area contributed by atoms with Gasteiger partial charge in [-0.15, -0.1) is 11.3 Å². The molecule has 0 aliphatic heterocycles. The molecule has 224 valence electrons. The molecule has 10 aromatic rings. The molecule has 0 radical (unpaired) electrons. The van der Waals surface area contributed by atoms with E-state index >= 15 is 0 Å². The van der Waals surface area contributed by atoms with Crippen molar-refractivity contribution in [1.82, 2.24) is 14.5 Å². The molecule has 0 aliphatic carbocycles. The van der Waals surface area contributed by atoms with Crippen molar-refractivity contribution >= 4 is 64.2 Å². The van der Waals surface area contributed by atoms with Gasteiger partial charge in [0.2, 0.25) is 0 Å². The fourth-order valence-electron chi connectivity index (χ4n) is 7.17. The standard InChI is InChI=1S/C44H27N3S/c1-3-12-28(13-4-1)29-14-11-15-31(26-29)44-45-41(36-24-23-35-34-19-8-10-21-40(34)48-43(35)42(36)46-44)30-22-25-39-37(27-30)33-18-7-9-20-38(33)47(39)32-16-5-2-6-17-32/h1-27H. The summed E-state index contributed by atoms with van der Waals surface area (Å²) in [6.07, 6.45) is 0. The Morgan fingerprint density at radius 2 is 1.10 bits per heavy atom. The second-order valence-corrected chi connectivity index (χ2v) is 13.3. The predicted octanol–water partition coefficient (Wildman–Crippen LogP) is 12.1. The summed E-state index contributed by atoms with van der Waals surface area (Å²) < 4.78 is 4.82. The fourth-order valence-corrected chi connectivity index (χ4v) is 8.36. The Bertz CT molecular complexity index is 2830. The number of hydrogen-bond acceptors (Lipinski definition) is 3. The molecule has 3 heterocycles. The molecule has 0 spiro atoms. The van der Waals surface area contributed by atoms with Gasteiger partial charge in [-0.2, -0.15) is 0 Å². The molecule has 0 unspecified atom stereocenters. The van der Waals surface area contributed by atoms with Gasteiger partial charge in [-0.05, 0) is 59.7 Å². The van der Waals surface area contributed by atoms with Crippen molar-refractivity contribution in [1.29, 1.82) is 0 Å². The lowest BCUT2D eigenvalue weighted by atomic mass is 10.0. The maximum Gasteiger partial charge on any atom is 0.160 e. The maximum atomic E-state index is 5.38. The summed E-state index contributed by atoms with van der Waals surface area (Å²) in [7, 11) is 0. The van der Waals surface area contributed by atoms with E-state index in [1.807, 2.05) is 11.3 Å². The van der Waals surface area contributed by atoms with Gasteiger partial charge in [-0.25, -0.2) is 9.97 Å². The van der Waals surface area contributed by atoms with Crippen LogP contribution < -0.4 is 0 Å². The summed E-state index contributed by atoms with van der Waals surface area (Å²) in [4.78, 5) is 10.7. The number of nitrogens with zero attached hydrogens (tertiary/aromatic N) is 3. The number of thiophene rings is 1. The van der Waals surface area contributed by atoms with Crippen LogP contribution in [0.15, 0.2) is 164 Å². The van der Waals surface area contributed by atoms with Crippen molar-refractivity contribution in [2.24, 2.45) is 0 Å². The van der Waals surface area contributed by atoms with E-state index in [4.69, 9.17) is 9.97 Å². The summed E-state index contributed by atoms with van der Waals surface area (Å²) in [5.41, 5.74) is 9.84. The van der Waals surface area contributed by atoms with Gasteiger partial charge in [0.1, 0.15) is 0 Å². The highest BCUT2D eigenvalue weighted by Crippen LogP contribution is 2.42. The molecule has 0 saturated heterocycles. The molecular formula is C44H27N3S. The third-order valence-electron chi connectivity index (χ3n) is 9.40. The smallest absolute Gasteiger partial charge is 0.160 e. The van der Waals surface area contributed by atoms with Gasteiger partial charge in [0, 0.05) is 48.4 Å². The van der Waals surface area contributed by atoms with E-state index in [0.29, 0.717) is 0 Å². The second-order valence-electron chi connectivity index (χ2n) is 12.2. The van der Waals surface area contributed by atoms with Crippen molar-refractivity contribution in [3.8, 4) is 39.5 Å². The molecule has 0 saturated carbocycles. The Morgan fingerprint density at radius 1 is 0.417 bits per heavy atom. The van der Waals surface area contributed by atoms with Crippen molar-refractivity contribution in [3.05, 3.63) is 164 Å². The summed E-state index contributed by atoms with van der Waals surface area (Å²) >= 11 is 1.81. The highest BCUT2D eigenvalue weighted by atomic mass is 32.1. The molecule has 0 amide bonds. The molecule has 3 nitrogen and oxygen atoms in total. The van der Waals surface area contributed by atoms with Crippen LogP contribution in [0.25, 0.3) is 92.3 Å². The molecule has 48 heavy (non-hydrogen) atoms. The lowest BCUT2D eigenvalue weighted by molar-refractivity contribution is 1.18. The monoisotopic (exact) mass is 629 g/mol. The van der Waals surface area contributed by atoms with Gasteiger partial charge in [-0.1, -0.05) is 115 Å². The minimum Gasteiger partial charge on any atom is -0.309 e. The summed E-state index contributed by atoms with van der Waals surface area (Å²) in [5.74, 6) is 0.729. The predicted molar refractivity (Wildman–Crippen MR) is 203 cm³/mol. The Morgan fingerprint density at radius 3 is 1.98 bits per heavy atom. The number of benzene rings is 7. The maximum absolute atomic E-state index is 5.38. The minimum absolute atomic E-state index is 0.729. The number of para-hydroxylation sites is 2. The quantitative estimate of drug-likeness (QED) is 0.194. The van der Waals surface area contributed by atoms with Crippen molar-refractivity contribution in [2.45, 2.75) is 0 Å². The van der Waals surface area contributed by atoms with E-state index in [2.05, 4.69) is 168 Å². The summed E-state index contributed by atoms with van der Waals surface area (Å²) in [6.45, 7) is 0. The van der Waals surface area contributed by atoms with E-state index in [-0.39, 0.29) is 0 Å². The van der Waals surface area contributed by atoms with Gasteiger partial charge >= 0.3 is 0 Å². The average molecular weight is 630 g/mol. The zero-order valence-corrected chi connectivity index (χ0v) is 26.7. The molecule has 0 atom stereocenters. The van der Waals surface area contributed by atoms with Crippen LogP contribution >= 0.6 is 11.3 Å². The van der Waals surface area contributed by atoms with Crippen LogP contribution in [0.2, 0.25) is 0 Å². The van der Waals surface area contributed by atoms with Crippen molar-refractivity contribution < 1.29 is 0 Å². The van der Waals surface area contributed by atoms with Crippen molar-refractivity contribution in [3.63, 3.8) is 0 Å². The lowest BCUT2D eigenvalue weighted by Crippen LogP contribution is -1.96. The first-order valence-corrected chi connectivity index (χ1v) is 17.0. The Labute approximate surface area is 281 Å². The van der Waals surface area contributed by atoms with Crippen LogP contribution in [0, 0.1) is 0 Å². The Kier molecular flexibility index (Phi) is 6.05. The highest BCUT2D eigenvalue weighted by Gasteiger charge is 2.19. The third kappa shape index (κ3) is 4.20. The van der Waals surface area contributed by atoms with Crippen LogP contribution in [0.5, 0.6) is 0 Å². The van der Waals surface area contributed by atoms with Crippen LogP contribution in [0.4, 0.5) is 0 Å². The minimum atomic E-state index is 0.729. The molecule has 4 heteroatoms. The second kappa shape index (κ2) is 10.7. The first kappa shape index (κ1) is 27.1. The first-order valence-electron chi connectivity index (χ1n) is 16.2. The number of hydrogen-bond donors (Lipinski definition) is 0. The van der Waals surface area contributed by atoms with Crippen LogP contribution in [0.3, 0.4) is 0 Å². The van der Waals surface area contributed by atoms with Gasteiger partial charge in [0.05, 0.1) is 26.9 Å². The van der Waals surface area contributed by atoms with E-state index in [9.17, 15) is 0 Å². The molecule has 0 fully saturated rings. The zero-order chi connectivity index (χ0) is 31.6. The van der Waals surface area contributed by atoms with E-state index in [0.717, 1.165) is 44.8 Å². The van der Waals surface area contributed by atoms with E-state index in [1.54, 1.807) is 0 Å². The highest BCUT2D eigenvalue weighted by molar-refractivity contribution is 7.26. The van der Waals surface area contributed by atoms with Crippen LogP contribution in [-0.2, 0) is 0 Å². The molecule has 0 bridgehead atoms. The number of rotatable bonds is 4. The van der Waals surface area contributed by atoms with Gasteiger partial charge in [0.25, 0.3) is 0 Å². The first-order chi connectivity index (χ1) is 23.8. The lowest BCUT2D eigenvalue weighted by Gasteiger charge is -2.12. The third-order valence-corrected chi connectivity index (χ3v) is 10.6. The average Bonchev–Trinajstić information content (AvgIpc) is 3.71. The van der Waals surface area contributed by atoms with Gasteiger partial charge in [0.15, 0.2) is 5.82 Å². The van der Waals surface area contributed by atoms with Crippen LogP contribution in [0.1, 0.15) is 0 Å². The van der Waals surface area contributed by atoms with Crippen molar-refractivity contribution in [2.75, 3.05) is 0 Å². The van der Waals surface area contributed by atoms with Gasteiger partial charge in [-0.3, -0.25) is 0 Å². The van der Waals surface area contributed by atoms with Crippen LogP contribution in [-0.4, -0.2) is 14.5 Å². The summed E-state index contributed by atoms with van der Waals surface area (Å²) in [6, 6.07) is 58.3. The molecular weight excluding hydrogens is 603 g/mol. The normalized spacial score (nSPS) is 11.8. The number of aromatic nitrogens is 3. The largest absolute Gasteiger partial charge is 0.309 e. The molecule has 3 aromatic heterocycles. The Hall–Kier alpha value is -6.10. The Balaban J connectivity index is 1.26. The fraction of sp³-hybridized carbons (Fsp3) is 0. The van der Waals surface area contributed by atoms with Gasteiger partial charge < -0.3 is 4.57 Å². The molecule has 0 aliphatic rings.